The van der Waals surface area contributed by atoms with Crippen molar-refractivity contribution in [2.75, 3.05) is 13.2 Å². The third-order valence-corrected chi connectivity index (χ3v) is 12.8. The number of carbonyl (C=O) groups is 3. The van der Waals surface area contributed by atoms with Crippen LogP contribution in [0, 0.1) is 0 Å². The van der Waals surface area contributed by atoms with Crippen LogP contribution in [-0.2, 0) is 28.6 Å². The second-order valence-corrected chi connectivity index (χ2v) is 20.5. The van der Waals surface area contributed by atoms with Crippen molar-refractivity contribution in [2.45, 2.75) is 245 Å². The molecule has 0 saturated heterocycles. The number of allylic oxidation sites excluding steroid dienone is 33. The fourth-order valence-electron chi connectivity index (χ4n) is 8.05. The van der Waals surface area contributed by atoms with E-state index in [1.807, 2.05) is 6.08 Å². The summed E-state index contributed by atoms with van der Waals surface area (Å²) in [6.45, 7) is 6.17. The molecule has 0 rings (SSSR count). The van der Waals surface area contributed by atoms with Crippen LogP contribution in [0.25, 0.3) is 0 Å². The summed E-state index contributed by atoms with van der Waals surface area (Å²) in [6, 6.07) is 0. The van der Waals surface area contributed by atoms with Gasteiger partial charge >= 0.3 is 17.9 Å². The molecule has 83 heavy (non-hydrogen) atoms. The Morgan fingerprint density at radius 3 is 0.783 bits per heavy atom. The summed E-state index contributed by atoms with van der Waals surface area (Å²) >= 11 is 0. The Morgan fingerprint density at radius 1 is 0.253 bits per heavy atom. The standard InChI is InChI=1S/C77H116O6/c1-4-7-10-13-16-19-22-25-28-30-32-34-35-36-37-38-39-40-41-43-44-46-49-52-55-58-61-64-67-70-76(79)82-73-74(72-81-75(78)69-66-63-60-57-54-51-48-27-24-21-18-15-12-9-6-3)83-77(80)71-68-65-62-59-56-53-50-47-45-42-33-31-29-26-23-20-17-14-11-8-5-2/h7-12,16-21,25-29,32-34,36-37,39-40,42-44,48-49,52,54,57,63,66,74H,4-6,13-15,22-24,30-31,35,38,41,45-47,50-51,53,55-56,58-62,64-65,67-73H2,1-3H3/b10-7-,11-8-,12-9-,19-16-,20-17-,21-18-,28-25-,29-26-,34-32-,37-36-,40-39-,42-33-,44-43-,48-27-,52-49-,57-54-,66-63-. The average molecular weight is 1140 g/mol. The highest BCUT2D eigenvalue weighted by Gasteiger charge is 2.19. The van der Waals surface area contributed by atoms with Crippen LogP contribution in [0.15, 0.2) is 207 Å². The van der Waals surface area contributed by atoms with Crippen molar-refractivity contribution in [1.82, 2.24) is 0 Å². The van der Waals surface area contributed by atoms with Gasteiger partial charge in [0, 0.05) is 12.8 Å². The van der Waals surface area contributed by atoms with Crippen LogP contribution in [-0.4, -0.2) is 37.2 Å². The van der Waals surface area contributed by atoms with Crippen LogP contribution in [0.1, 0.15) is 239 Å². The van der Waals surface area contributed by atoms with Gasteiger partial charge in [-0.05, 0) is 148 Å². The van der Waals surface area contributed by atoms with E-state index < -0.39 is 12.1 Å². The van der Waals surface area contributed by atoms with E-state index in [0.29, 0.717) is 6.42 Å². The van der Waals surface area contributed by atoms with Gasteiger partial charge in [-0.3, -0.25) is 14.4 Å². The van der Waals surface area contributed by atoms with Gasteiger partial charge in [0.2, 0.25) is 0 Å². The van der Waals surface area contributed by atoms with E-state index in [1.54, 1.807) is 6.08 Å². The molecule has 0 aliphatic rings. The summed E-state index contributed by atoms with van der Waals surface area (Å²) < 4.78 is 16.8. The molecular formula is C77H116O6. The number of rotatable bonds is 56. The van der Waals surface area contributed by atoms with Crippen molar-refractivity contribution in [3.05, 3.63) is 207 Å². The predicted octanol–water partition coefficient (Wildman–Crippen LogP) is 22.8. The van der Waals surface area contributed by atoms with Gasteiger partial charge in [-0.15, -0.1) is 0 Å². The third kappa shape index (κ3) is 66.7. The minimum atomic E-state index is -0.848. The quantitative estimate of drug-likeness (QED) is 0.0261. The first-order valence-electron chi connectivity index (χ1n) is 32.6. The lowest BCUT2D eigenvalue weighted by Crippen LogP contribution is -2.30. The fourth-order valence-corrected chi connectivity index (χ4v) is 8.05. The summed E-state index contributed by atoms with van der Waals surface area (Å²) in [4.78, 5) is 38.3. The molecule has 0 amide bonds. The van der Waals surface area contributed by atoms with Gasteiger partial charge in [-0.2, -0.15) is 0 Å². The molecule has 0 spiro atoms. The molecule has 1 atom stereocenters. The molecule has 1 unspecified atom stereocenters. The van der Waals surface area contributed by atoms with E-state index in [-0.39, 0.29) is 38.0 Å². The van der Waals surface area contributed by atoms with Gasteiger partial charge in [0.15, 0.2) is 6.10 Å². The largest absolute Gasteiger partial charge is 0.462 e. The molecule has 0 aromatic heterocycles. The lowest BCUT2D eigenvalue weighted by molar-refractivity contribution is -0.166. The maximum Gasteiger partial charge on any atom is 0.309 e. The van der Waals surface area contributed by atoms with Crippen LogP contribution < -0.4 is 0 Å². The number of carbonyl (C=O) groups excluding carboxylic acids is 3. The number of esters is 3. The maximum absolute atomic E-state index is 12.9. The van der Waals surface area contributed by atoms with Gasteiger partial charge < -0.3 is 14.2 Å². The van der Waals surface area contributed by atoms with Gasteiger partial charge in [0.1, 0.15) is 13.2 Å². The van der Waals surface area contributed by atoms with Gasteiger partial charge in [-0.25, -0.2) is 0 Å². The molecule has 0 N–H and O–H groups in total. The number of hydrogen-bond acceptors (Lipinski definition) is 6. The molecule has 0 aliphatic heterocycles. The highest BCUT2D eigenvalue weighted by molar-refractivity contribution is 5.72. The first-order chi connectivity index (χ1) is 41.0. The van der Waals surface area contributed by atoms with E-state index in [9.17, 15) is 14.4 Å². The number of hydrogen-bond donors (Lipinski definition) is 0. The summed E-state index contributed by atoms with van der Waals surface area (Å²) in [5.74, 6) is -1.11. The van der Waals surface area contributed by atoms with Gasteiger partial charge in [0.05, 0.1) is 6.42 Å². The molecule has 0 radical (unpaired) electrons. The SMILES string of the molecule is CC/C=C\C/C=C\C/C=C\C/C=C\C/C=C\C/C=C\C/C=C\C/C=C\CCCCCCC(=O)OCC(COC(=O)C/C=C\C/C=C\C/C=C\C/C=C\C/C=C\CC)OC(=O)CCCCCCCCCC/C=C\C/C=C\C/C=C\C/C=C\CC. The summed E-state index contributed by atoms with van der Waals surface area (Å²) in [6.07, 6.45) is 106. The topological polar surface area (TPSA) is 78.9 Å². The summed E-state index contributed by atoms with van der Waals surface area (Å²) in [5.41, 5.74) is 0. The van der Waals surface area contributed by atoms with Crippen molar-refractivity contribution >= 4 is 17.9 Å². The highest BCUT2D eigenvalue weighted by atomic mass is 16.6. The zero-order valence-corrected chi connectivity index (χ0v) is 52.6. The van der Waals surface area contributed by atoms with Crippen LogP contribution in [0.2, 0.25) is 0 Å². The normalized spacial score (nSPS) is 13.5. The van der Waals surface area contributed by atoms with Crippen molar-refractivity contribution in [3.63, 3.8) is 0 Å². The number of ether oxygens (including phenoxy) is 3. The smallest absolute Gasteiger partial charge is 0.309 e. The Morgan fingerprint density at radius 2 is 0.482 bits per heavy atom. The van der Waals surface area contributed by atoms with Gasteiger partial charge in [-0.1, -0.05) is 279 Å². The van der Waals surface area contributed by atoms with Crippen molar-refractivity contribution in [2.24, 2.45) is 0 Å². The fraction of sp³-hybridized carbons (Fsp3) is 0.519. The predicted molar refractivity (Wildman–Crippen MR) is 361 cm³/mol. The minimum absolute atomic E-state index is 0.109. The molecule has 6 nitrogen and oxygen atoms in total. The summed E-state index contributed by atoms with van der Waals surface area (Å²) in [7, 11) is 0. The zero-order chi connectivity index (χ0) is 59.9. The van der Waals surface area contributed by atoms with Crippen LogP contribution in [0.5, 0.6) is 0 Å². The average Bonchev–Trinajstić information content (AvgIpc) is 3.49. The molecular weight excluding hydrogens is 1020 g/mol. The Labute approximate surface area is 509 Å². The molecule has 0 bridgehead atoms. The van der Waals surface area contributed by atoms with Gasteiger partial charge in [0.25, 0.3) is 0 Å². The zero-order valence-electron chi connectivity index (χ0n) is 52.6. The van der Waals surface area contributed by atoms with E-state index in [1.165, 1.54) is 25.7 Å². The lowest BCUT2D eigenvalue weighted by atomic mass is 10.1. The molecule has 6 heteroatoms. The van der Waals surface area contributed by atoms with Crippen molar-refractivity contribution in [1.29, 1.82) is 0 Å². The number of unbranched alkanes of at least 4 members (excludes halogenated alkanes) is 12. The Hall–Kier alpha value is -6.01. The molecule has 0 aromatic rings. The molecule has 460 valence electrons. The molecule has 0 aromatic carbocycles. The van der Waals surface area contributed by atoms with Crippen LogP contribution in [0.3, 0.4) is 0 Å². The van der Waals surface area contributed by atoms with Crippen LogP contribution in [0.4, 0.5) is 0 Å². The molecule has 0 saturated carbocycles. The van der Waals surface area contributed by atoms with E-state index in [4.69, 9.17) is 14.2 Å². The minimum Gasteiger partial charge on any atom is -0.462 e. The van der Waals surface area contributed by atoms with Crippen LogP contribution >= 0.6 is 0 Å². The molecule has 0 heterocycles. The monoisotopic (exact) mass is 1140 g/mol. The molecule has 0 aliphatic carbocycles. The lowest BCUT2D eigenvalue weighted by Gasteiger charge is -2.18. The Kier molecular flexibility index (Phi) is 63.5. The van der Waals surface area contributed by atoms with E-state index in [0.717, 1.165) is 173 Å². The highest BCUT2D eigenvalue weighted by Crippen LogP contribution is 2.13. The Bertz CT molecular complexity index is 2030. The maximum atomic E-state index is 12.9. The second-order valence-electron chi connectivity index (χ2n) is 20.5. The first kappa shape index (κ1) is 77.0. The van der Waals surface area contributed by atoms with E-state index in [2.05, 4.69) is 215 Å². The van der Waals surface area contributed by atoms with E-state index >= 15 is 0 Å². The third-order valence-electron chi connectivity index (χ3n) is 12.8. The second kappa shape index (κ2) is 68.5. The first-order valence-corrected chi connectivity index (χ1v) is 32.6. The molecule has 0 fully saturated rings. The Balaban J connectivity index is 4.53. The summed E-state index contributed by atoms with van der Waals surface area (Å²) in [5, 5.41) is 0. The van der Waals surface area contributed by atoms with Crippen molar-refractivity contribution < 1.29 is 28.6 Å². The van der Waals surface area contributed by atoms with Crippen molar-refractivity contribution in [3.8, 4) is 0 Å².